The Morgan fingerprint density at radius 1 is 1.07 bits per heavy atom. The maximum atomic E-state index is 11.2. The van der Waals surface area contributed by atoms with E-state index in [0.717, 1.165) is 0 Å². The molecule has 0 aromatic heterocycles. The fourth-order valence-corrected chi connectivity index (χ4v) is 1.34. The number of carbonyl (C=O) groups is 2. The molecule has 15 heavy (non-hydrogen) atoms. The third kappa shape index (κ3) is 2.47. The third-order valence-electron chi connectivity index (χ3n) is 3.05. The molecule has 0 aromatic rings. The average molecular weight is 212 g/mol. The van der Waals surface area contributed by atoms with Gasteiger partial charge in [0.15, 0.2) is 11.6 Å². The van der Waals surface area contributed by atoms with Crippen molar-refractivity contribution in [2.75, 3.05) is 0 Å². The Morgan fingerprint density at radius 3 is 1.80 bits per heavy atom. The Kier molecular flexibility index (Phi) is 3.07. The number of hydrogen-bond donors (Lipinski definition) is 0. The van der Waals surface area contributed by atoms with Gasteiger partial charge in [0.25, 0.3) is 0 Å². The standard InChI is InChI=1S/C10H17BO4/c1-7(12)8(13)6-11-14-9(2,3)10(4,5)15-11/h6H2,1-5H3. The molecule has 5 heteroatoms. The summed E-state index contributed by atoms with van der Waals surface area (Å²) in [6.07, 6.45) is 0.00218. The van der Waals surface area contributed by atoms with E-state index in [2.05, 4.69) is 0 Å². The van der Waals surface area contributed by atoms with Crippen molar-refractivity contribution >= 4 is 18.7 Å². The molecule has 0 saturated carbocycles. The number of Topliss-reactive ketones (excluding diaryl/α,β-unsaturated/α-hetero) is 2. The zero-order chi connectivity index (χ0) is 11.9. The predicted molar refractivity (Wildman–Crippen MR) is 56.6 cm³/mol. The minimum atomic E-state index is -0.605. The molecule has 0 aromatic carbocycles. The fourth-order valence-electron chi connectivity index (χ4n) is 1.34. The van der Waals surface area contributed by atoms with Crippen molar-refractivity contribution in [3.05, 3.63) is 0 Å². The maximum absolute atomic E-state index is 11.2. The van der Waals surface area contributed by atoms with E-state index in [4.69, 9.17) is 9.31 Å². The molecule has 0 radical (unpaired) electrons. The smallest absolute Gasteiger partial charge is 0.403 e. The summed E-state index contributed by atoms with van der Waals surface area (Å²) < 4.78 is 11.2. The van der Waals surface area contributed by atoms with Gasteiger partial charge in [-0.05, 0) is 27.7 Å². The summed E-state index contributed by atoms with van der Waals surface area (Å²) >= 11 is 0. The summed E-state index contributed by atoms with van der Waals surface area (Å²) in [6.45, 7) is 8.89. The van der Waals surface area contributed by atoms with E-state index >= 15 is 0 Å². The van der Waals surface area contributed by atoms with Crippen molar-refractivity contribution in [2.24, 2.45) is 0 Å². The van der Waals surface area contributed by atoms with E-state index in [9.17, 15) is 9.59 Å². The van der Waals surface area contributed by atoms with Gasteiger partial charge in [-0.1, -0.05) is 0 Å². The fraction of sp³-hybridized carbons (Fsp3) is 0.800. The number of hydrogen-bond acceptors (Lipinski definition) is 4. The molecule has 0 unspecified atom stereocenters. The van der Waals surface area contributed by atoms with Crippen LogP contribution in [0.15, 0.2) is 0 Å². The first kappa shape index (κ1) is 12.4. The molecule has 1 aliphatic heterocycles. The van der Waals surface area contributed by atoms with Gasteiger partial charge in [0.2, 0.25) is 0 Å². The molecular weight excluding hydrogens is 195 g/mol. The first-order chi connectivity index (χ1) is 6.66. The molecule has 1 fully saturated rings. The van der Waals surface area contributed by atoms with E-state index in [1.807, 2.05) is 27.7 Å². The highest BCUT2D eigenvalue weighted by molar-refractivity contribution is 6.57. The Hall–Kier alpha value is -0.675. The van der Waals surface area contributed by atoms with Gasteiger partial charge in [-0.15, -0.1) is 0 Å². The summed E-state index contributed by atoms with van der Waals surface area (Å²) in [5, 5.41) is 0. The molecule has 1 heterocycles. The van der Waals surface area contributed by atoms with Gasteiger partial charge >= 0.3 is 7.12 Å². The minimum Gasteiger partial charge on any atom is -0.403 e. The van der Waals surface area contributed by atoms with Gasteiger partial charge in [-0.2, -0.15) is 0 Å². The third-order valence-corrected chi connectivity index (χ3v) is 3.05. The van der Waals surface area contributed by atoms with Crippen molar-refractivity contribution in [1.29, 1.82) is 0 Å². The van der Waals surface area contributed by atoms with Crippen LogP contribution in [-0.4, -0.2) is 29.9 Å². The molecule has 0 aliphatic carbocycles. The molecule has 0 amide bonds. The molecule has 0 N–H and O–H groups in total. The van der Waals surface area contributed by atoms with Crippen LogP contribution in [-0.2, 0) is 18.9 Å². The molecule has 84 valence electrons. The van der Waals surface area contributed by atoms with E-state index in [-0.39, 0.29) is 6.32 Å². The van der Waals surface area contributed by atoms with Crippen molar-refractivity contribution in [3.8, 4) is 0 Å². The van der Waals surface area contributed by atoms with Gasteiger partial charge < -0.3 is 9.31 Å². The van der Waals surface area contributed by atoms with E-state index < -0.39 is 29.9 Å². The number of rotatable bonds is 3. The van der Waals surface area contributed by atoms with Crippen molar-refractivity contribution in [1.82, 2.24) is 0 Å². The van der Waals surface area contributed by atoms with E-state index in [0.29, 0.717) is 0 Å². The first-order valence-corrected chi connectivity index (χ1v) is 5.05. The van der Waals surface area contributed by atoms with Gasteiger partial charge in [0.05, 0.1) is 11.2 Å². The van der Waals surface area contributed by atoms with Crippen LogP contribution >= 0.6 is 0 Å². The molecular formula is C10H17BO4. The normalized spacial score (nSPS) is 22.9. The van der Waals surface area contributed by atoms with Crippen LogP contribution in [0.1, 0.15) is 34.6 Å². The second kappa shape index (κ2) is 3.72. The summed E-state index contributed by atoms with van der Waals surface area (Å²) in [4.78, 5) is 22.0. The highest BCUT2D eigenvalue weighted by atomic mass is 16.7. The largest absolute Gasteiger partial charge is 0.466 e. The van der Waals surface area contributed by atoms with Gasteiger partial charge in [0, 0.05) is 13.2 Å². The topological polar surface area (TPSA) is 52.6 Å². The Balaban J connectivity index is 2.64. The van der Waals surface area contributed by atoms with E-state index in [1.165, 1.54) is 6.92 Å². The summed E-state index contributed by atoms with van der Waals surface area (Å²) in [5.41, 5.74) is -0.899. The number of ketones is 2. The van der Waals surface area contributed by atoms with Crippen LogP contribution < -0.4 is 0 Å². The van der Waals surface area contributed by atoms with Gasteiger partial charge in [0.1, 0.15) is 0 Å². The first-order valence-electron chi connectivity index (χ1n) is 5.05. The van der Waals surface area contributed by atoms with Crippen LogP contribution in [0.5, 0.6) is 0 Å². The van der Waals surface area contributed by atoms with Crippen molar-refractivity contribution in [2.45, 2.75) is 52.1 Å². The molecule has 1 saturated heterocycles. The molecule has 1 aliphatic rings. The Morgan fingerprint density at radius 2 is 1.47 bits per heavy atom. The monoisotopic (exact) mass is 212 g/mol. The van der Waals surface area contributed by atoms with Crippen LogP contribution in [0.2, 0.25) is 6.32 Å². The zero-order valence-corrected chi connectivity index (χ0v) is 9.92. The van der Waals surface area contributed by atoms with Gasteiger partial charge in [-0.25, -0.2) is 0 Å². The van der Waals surface area contributed by atoms with Gasteiger partial charge in [-0.3, -0.25) is 9.59 Å². The average Bonchev–Trinajstić information content (AvgIpc) is 2.19. The Bertz CT molecular complexity index is 280. The van der Waals surface area contributed by atoms with Crippen molar-refractivity contribution < 1.29 is 18.9 Å². The maximum Gasteiger partial charge on any atom is 0.466 e. The predicted octanol–water partition coefficient (Wildman–Crippen LogP) is 1.24. The van der Waals surface area contributed by atoms with Crippen LogP contribution in [0.4, 0.5) is 0 Å². The number of carbonyl (C=O) groups excluding carboxylic acids is 2. The molecule has 1 rings (SSSR count). The highest BCUT2D eigenvalue weighted by Crippen LogP contribution is 2.37. The lowest BCUT2D eigenvalue weighted by Gasteiger charge is -2.32. The van der Waals surface area contributed by atoms with Crippen LogP contribution in [0.25, 0.3) is 0 Å². The minimum absolute atomic E-state index is 0.00218. The van der Waals surface area contributed by atoms with Crippen LogP contribution in [0.3, 0.4) is 0 Å². The van der Waals surface area contributed by atoms with E-state index in [1.54, 1.807) is 0 Å². The molecule has 0 spiro atoms. The highest BCUT2D eigenvalue weighted by Gasteiger charge is 2.51. The van der Waals surface area contributed by atoms with Crippen molar-refractivity contribution in [3.63, 3.8) is 0 Å². The molecule has 4 nitrogen and oxygen atoms in total. The Labute approximate surface area is 90.5 Å². The lowest BCUT2D eigenvalue weighted by atomic mass is 9.81. The zero-order valence-electron chi connectivity index (χ0n) is 9.92. The quantitative estimate of drug-likeness (QED) is 0.521. The lowest BCUT2D eigenvalue weighted by molar-refractivity contribution is -0.134. The summed E-state index contributed by atoms with van der Waals surface area (Å²) in [6, 6.07) is 0. The summed E-state index contributed by atoms with van der Waals surface area (Å²) in [7, 11) is -0.605. The molecule has 0 bridgehead atoms. The second-order valence-electron chi connectivity index (χ2n) is 4.87. The summed E-state index contributed by atoms with van der Waals surface area (Å²) in [5.74, 6) is -0.904. The lowest BCUT2D eigenvalue weighted by Crippen LogP contribution is -2.41. The molecule has 0 atom stereocenters. The van der Waals surface area contributed by atoms with Crippen LogP contribution in [0, 0.1) is 0 Å². The SMILES string of the molecule is CC(=O)C(=O)CB1OC(C)(C)C(C)(C)O1. The second-order valence-corrected chi connectivity index (χ2v) is 4.87.